The van der Waals surface area contributed by atoms with Crippen LogP contribution >= 0.6 is 0 Å². The average molecular weight is 187 g/mol. The summed E-state index contributed by atoms with van der Waals surface area (Å²) < 4.78 is 0. The summed E-state index contributed by atoms with van der Waals surface area (Å²) in [5.41, 5.74) is 3.37. The van der Waals surface area contributed by atoms with Gasteiger partial charge in [-0.1, -0.05) is 0 Å². The number of aliphatic hydroxyl groups is 1. The molecule has 2 N–H and O–H groups in total. The van der Waals surface area contributed by atoms with Gasteiger partial charge in [0.1, 0.15) is 0 Å². The van der Waals surface area contributed by atoms with Crippen LogP contribution in [0.2, 0.25) is 0 Å². The van der Waals surface area contributed by atoms with E-state index < -0.39 is 0 Å². The van der Waals surface area contributed by atoms with Crippen LogP contribution in [0, 0.1) is 0 Å². The standard InChI is InChI=1S/C9H21N3O/c1-11-5-7-12(8-6-11)10-4-2-3-9-13/h10,13H,2-9H2,1H3. The van der Waals surface area contributed by atoms with Crippen molar-refractivity contribution in [2.75, 3.05) is 46.4 Å². The molecule has 0 radical (unpaired) electrons. The van der Waals surface area contributed by atoms with Gasteiger partial charge in [0.15, 0.2) is 0 Å². The number of unbranched alkanes of at least 4 members (excludes halogenated alkanes) is 1. The first-order valence-electron chi connectivity index (χ1n) is 5.11. The molecular weight excluding hydrogens is 166 g/mol. The Morgan fingerprint density at radius 3 is 2.46 bits per heavy atom. The molecule has 0 aliphatic carbocycles. The fourth-order valence-electron chi connectivity index (χ4n) is 1.44. The van der Waals surface area contributed by atoms with Gasteiger partial charge >= 0.3 is 0 Å². The van der Waals surface area contributed by atoms with E-state index in [1.165, 1.54) is 0 Å². The van der Waals surface area contributed by atoms with E-state index in [9.17, 15) is 0 Å². The predicted octanol–water partition coefficient (Wildman–Crippen LogP) is -0.489. The number of hydrogen-bond acceptors (Lipinski definition) is 4. The second kappa shape index (κ2) is 6.32. The molecule has 13 heavy (non-hydrogen) atoms. The minimum Gasteiger partial charge on any atom is -0.396 e. The molecule has 0 saturated carbocycles. The van der Waals surface area contributed by atoms with Crippen molar-refractivity contribution < 1.29 is 5.11 Å². The van der Waals surface area contributed by atoms with Crippen LogP contribution in [0.15, 0.2) is 0 Å². The van der Waals surface area contributed by atoms with Crippen LogP contribution in [-0.2, 0) is 0 Å². The van der Waals surface area contributed by atoms with E-state index in [1.54, 1.807) is 0 Å². The van der Waals surface area contributed by atoms with Gasteiger partial charge in [-0.3, -0.25) is 5.43 Å². The zero-order chi connectivity index (χ0) is 9.52. The Morgan fingerprint density at radius 2 is 1.85 bits per heavy atom. The molecule has 0 atom stereocenters. The monoisotopic (exact) mass is 187 g/mol. The molecule has 4 nitrogen and oxygen atoms in total. The van der Waals surface area contributed by atoms with Crippen molar-refractivity contribution in [2.24, 2.45) is 0 Å². The van der Waals surface area contributed by atoms with Crippen LogP contribution in [-0.4, -0.2) is 61.4 Å². The maximum atomic E-state index is 8.59. The Labute approximate surface area is 80.5 Å². The maximum absolute atomic E-state index is 8.59. The second-order valence-electron chi connectivity index (χ2n) is 3.63. The van der Waals surface area contributed by atoms with Crippen LogP contribution in [0.25, 0.3) is 0 Å². The summed E-state index contributed by atoms with van der Waals surface area (Å²) in [6, 6.07) is 0. The Hall–Kier alpha value is -0.160. The summed E-state index contributed by atoms with van der Waals surface area (Å²) in [5.74, 6) is 0. The number of piperazine rings is 1. The second-order valence-corrected chi connectivity index (χ2v) is 3.63. The lowest BCUT2D eigenvalue weighted by Gasteiger charge is -2.32. The highest BCUT2D eigenvalue weighted by Gasteiger charge is 2.11. The van der Waals surface area contributed by atoms with E-state index in [0.29, 0.717) is 6.61 Å². The first-order valence-corrected chi connectivity index (χ1v) is 5.11. The summed E-state index contributed by atoms with van der Waals surface area (Å²) >= 11 is 0. The summed E-state index contributed by atoms with van der Waals surface area (Å²) in [4.78, 5) is 2.34. The first kappa shape index (κ1) is 10.9. The molecule has 0 bridgehead atoms. The lowest BCUT2D eigenvalue weighted by molar-refractivity contribution is 0.103. The highest BCUT2D eigenvalue weighted by Crippen LogP contribution is 1.95. The summed E-state index contributed by atoms with van der Waals surface area (Å²) in [5, 5.41) is 10.9. The van der Waals surface area contributed by atoms with Crippen molar-refractivity contribution in [2.45, 2.75) is 12.8 Å². The largest absolute Gasteiger partial charge is 0.396 e. The van der Waals surface area contributed by atoms with Crippen LogP contribution in [0.3, 0.4) is 0 Å². The number of aliphatic hydroxyl groups excluding tert-OH is 1. The quantitative estimate of drug-likeness (QED) is 0.570. The minimum atomic E-state index is 0.310. The zero-order valence-corrected chi connectivity index (χ0v) is 8.50. The molecule has 0 unspecified atom stereocenters. The summed E-state index contributed by atoms with van der Waals surface area (Å²) in [6.07, 6.45) is 1.96. The van der Waals surface area contributed by atoms with Crippen LogP contribution in [0.4, 0.5) is 0 Å². The van der Waals surface area contributed by atoms with Gasteiger partial charge in [0.05, 0.1) is 0 Å². The fraction of sp³-hybridized carbons (Fsp3) is 1.00. The number of likely N-dealkylation sites (N-methyl/N-ethyl adjacent to an activating group) is 1. The summed E-state index contributed by atoms with van der Waals surface area (Å²) in [7, 11) is 2.16. The lowest BCUT2D eigenvalue weighted by atomic mass is 10.3. The van der Waals surface area contributed by atoms with Gasteiger partial charge in [-0.05, 0) is 19.9 Å². The molecule has 0 aromatic carbocycles. The molecule has 0 amide bonds. The minimum absolute atomic E-state index is 0.310. The van der Waals surface area contributed by atoms with Gasteiger partial charge in [-0.2, -0.15) is 0 Å². The molecule has 1 fully saturated rings. The van der Waals surface area contributed by atoms with Crippen LogP contribution < -0.4 is 5.43 Å². The molecule has 1 aliphatic rings. The third-order valence-corrected chi connectivity index (χ3v) is 2.42. The molecule has 1 heterocycles. The van der Waals surface area contributed by atoms with Crippen molar-refractivity contribution in [3.8, 4) is 0 Å². The van der Waals surface area contributed by atoms with Crippen LogP contribution in [0.1, 0.15) is 12.8 Å². The molecule has 1 saturated heterocycles. The predicted molar refractivity (Wildman–Crippen MR) is 53.4 cm³/mol. The van der Waals surface area contributed by atoms with Gasteiger partial charge in [0, 0.05) is 39.3 Å². The SMILES string of the molecule is CN1CCN(NCCCCO)CC1. The molecule has 78 valence electrons. The molecule has 0 spiro atoms. The molecule has 1 rings (SSSR count). The molecule has 0 aromatic rings. The topological polar surface area (TPSA) is 38.7 Å². The Bertz CT molecular complexity index is 124. The number of hydrogen-bond donors (Lipinski definition) is 2. The van der Waals surface area contributed by atoms with Crippen LogP contribution in [0.5, 0.6) is 0 Å². The first-order chi connectivity index (χ1) is 6.33. The van der Waals surface area contributed by atoms with Crippen molar-refractivity contribution in [1.29, 1.82) is 0 Å². The molecule has 1 aliphatic heterocycles. The van der Waals surface area contributed by atoms with E-state index in [4.69, 9.17) is 5.11 Å². The highest BCUT2D eigenvalue weighted by atomic mass is 16.2. The van der Waals surface area contributed by atoms with E-state index in [-0.39, 0.29) is 0 Å². The number of rotatable bonds is 5. The number of nitrogens with one attached hydrogen (secondary N) is 1. The van der Waals surface area contributed by atoms with Gasteiger partial charge in [0.2, 0.25) is 0 Å². The molecular formula is C9H21N3O. The average Bonchev–Trinajstić information content (AvgIpc) is 2.15. The zero-order valence-electron chi connectivity index (χ0n) is 8.50. The van der Waals surface area contributed by atoms with Crippen molar-refractivity contribution >= 4 is 0 Å². The summed E-state index contributed by atoms with van der Waals surface area (Å²) in [6.45, 7) is 5.81. The van der Waals surface area contributed by atoms with E-state index in [0.717, 1.165) is 45.6 Å². The third-order valence-electron chi connectivity index (χ3n) is 2.42. The number of nitrogens with zero attached hydrogens (tertiary/aromatic N) is 2. The van der Waals surface area contributed by atoms with Gasteiger partial charge in [-0.25, -0.2) is 5.01 Å². The van der Waals surface area contributed by atoms with Crippen molar-refractivity contribution in [3.05, 3.63) is 0 Å². The van der Waals surface area contributed by atoms with Crippen molar-refractivity contribution in [1.82, 2.24) is 15.3 Å². The van der Waals surface area contributed by atoms with E-state index in [1.807, 2.05) is 0 Å². The highest BCUT2D eigenvalue weighted by molar-refractivity contribution is 4.65. The van der Waals surface area contributed by atoms with Crippen molar-refractivity contribution in [3.63, 3.8) is 0 Å². The van der Waals surface area contributed by atoms with E-state index >= 15 is 0 Å². The van der Waals surface area contributed by atoms with Gasteiger partial charge < -0.3 is 10.0 Å². The molecule has 0 aromatic heterocycles. The normalized spacial score (nSPS) is 20.8. The fourth-order valence-corrected chi connectivity index (χ4v) is 1.44. The maximum Gasteiger partial charge on any atom is 0.0431 e. The smallest absolute Gasteiger partial charge is 0.0431 e. The third kappa shape index (κ3) is 4.57. The lowest BCUT2D eigenvalue weighted by Crippen LogP contribution is -2.50. The Balaban J connectivity index is 1.96. The Kier molecular flexibility index (Phi) is 5.31. The Morgan fingerprint density at radius 1 is 1.15 bits per heavy atom. The van der Waals surface area contributed by atoms with E-state index in [2.05, 4.69) is 22.4 Å². The molecule has 4 heteroatoms. The van der Waals surface area contributed by atoms with Gasteiger partial charge in [-0.15, -0.1) is 0 Å². The van der Waals surface area contributed by atoms with Gasteiger partial charge in [0.25, 0.3) is 0 Å². The number of hydrazine groups is 1.